The van der Waals surface area contributed by atoms with Crippen molar-refractivity contribution < 1.29 is 4.74 Å². The third-order valence-corrected chi connectivity index (χ3v) is 5.37. The minimum absolute atomic E-state index is 0.179. The lowest BCUT2D eigenvalue weighted by atomic mass is 10.2. The zero-order valence-corrected chi connectivity index (χ0v) is 17.7. The van der Waals surface area contributed by atoms with Gasteiger partial charge < -0.3 is 19.5 Å². The van der Waals surface area contributed by atoms with E-state index in [-0.39, 0.29) is 6.04 Å². The molecule has 1 saturated heterocycles. The zero-order chi connectivity index (χ0) is 21.2. The van der Waals surface area contributed by atoms with E-state index in [9.17, 15) is 0 Å². The number of para-hydroxylation sites is 1. The minimum Gasteiger partial charge on any atom is -0.378 e. The number of imidazole rings is 1. The van der Waals surface area contributed by atoms with E-state index < -0.39 is 0 Å². The summed E-state index contributed by atoms with van der Waals surface area (Å²) in [4.78, 5) is 20.9. The molecule has 1 N–H and O–H groups in total. The summed E-state index contributed by atoms with van der Waals surface area (Å²) in [6, 6.07) is 14.3. The molecule has 8 nitrogen and oxygen atoms in total. The van der Waals surface area contributed by atoms with Gasteiger partial charge in [0.05, 0.1) is 13.2 Å². The fourth-order valence-corrected chi connectivity index (χ4v) is 3.85. The molecule has 1 aromatic carbocycles. The molecular formula is C23H25N7O. The summed E-state index contributed by atoms with van der Waals surface area (Å²) in [7, 11) is 0. The molecule has 4 aromatic rings. The van der Waals surface area contributed by atoms with Gasteiger partial charge in [0.25, 0.3) is 0 Å². The number of pyridine rings is 1. The van der Waals surface area contributed by atoms with Gasteiger partial charge in [-0.25, -0.2) is 19.9 Å². The fourth-order valence-electron chi connectivity index (χ4n) is 3.85. The number of fused-ring (bicyclic) bond motifs is 1. The highest BCUT2D eigenvalue weighted by Gasteiger charge is 2.20. The summed E-state index contributed by atoms with van der Waals surface area (Å²) >= 11 is 0. The van der Waals surface area contributed by atoms with Crippen molar-refractivity contribution in [2.45, 2.75) is 19.9 Å². The average molecular weight is 416 g/mol. The maximum atomic E-state index is 5.44. The maximum Gasteiger partial charge on any atom is 0.166 e. The molecule has 0 amide bonds. The van der Waals surface area contributed by atoms with E-state index in [2.05, 4.69) is 50.7 Å². The second kappa shape index (κ2) is 8.31. The Morgan fingerprint density at radius 3 is 2.48 bits per heavy atom. The maximum absolute atomic E-state index is 5.44. The number of nitrogens with one attached hydrogen (secondary N) is 1. The van der Waals surface area contributed by atoms with Crippen molar-refractivity contribution in [2.24, 2.45) is 0 Å². The van der Waals surface area contributed by atoms with Gasteiger partial charge in [0.2, 0.25) is 0 Å². The molecule has 31 heavy (non-hydrogen) atoms. The van der Waals surface area contributed by atoms with E-state index in [0.29, 0.717) is 5.82 Å². The largest absolute Gasteiger partial charge is 0.378 e. The number of hydrogen-bond donors (Lipinski definition) is 1. The SMILES string of the molecule is CC(C)n1c(-c2ccc(N3CCOCC3)nc2)nc2c(Nc3ccccc3)ncnc21. The highest BCUT2D eigenvalue weighted by atomic mass is 16.5. The van der Waals surface area contributed by atoms with E-state index in [4.69, 9.17) is 14.7 Å². The Hall–Kier alpha value is -3.52. The first-order valence-corrected chi connectivity index (χ1v) is 10.5. The Kier molecular flexibility index (Phi) is 5.21. The van der Waals surface area contributed by atoms with E-state index in [1.165, 1.54) is 0 Å². The monoisotopic (exact) mass is 415 g/mol. The first-order chi connectivity index (χ1) is 15.2. The third kappa shape index (κ3) is 3.82. The molecule has 1 fully saturated rings. The van der Waals surface area contributed by atoms with Crippen molar-refractivity contribution in [1.82, 2.24) is 24.5 Å². The molecule has 0 spiro atoms. The molecule has 0 radical (unpaired) electrons. The number of rotatable bonds is 5. The molecule has 8 heteroatoms. The van der Waals surface area contributed by atoms with Crippen LogP contribution in [0.2, 0.25) is 0 Å². The van der Waals surface area contributed by atoms with Crippen LogP contribution >= 0.6 is 0 Å². The van der Waals surface area contributed by atoms with Crippen LogP contribution in [0.1, 0.15) is 19.9 Å². The van der Waals surface area contributed by atoms with Crippen LogP contribution < -0.4 is 10.2 Å². The first kappa shape index (κ1) is 19.4. The summed E-state index contributed by atoms with van der Waals surface area (Å²) < 4.78 is 7.58. The van der Waals surface area contributed by atoms with Crippen LogP contribution in [-0.2, 0) is 4.74 Å². The number of nitrogens with zero attached hydrogens (tertiary/aromatic N) is 6. The van der Waals surface area contributed by atoms with Gasteiger partial charge in [0.15, 0.2) is 17.0 Å². The minimum atomic E-state index is 0.179. The normalized spacial score (nSPS) is 14.4. The molecule has 0 bridgehead atoms. The molecule has 0 aliphatic carbocycles. The lowest BCUT2D eigenvalue weighted by molar-refractivity contribution is 0.122. The molecule has 158 valence electrons. The Morgan fingerprint density at radius 2 is 1.77 bits per heavy atom. The van der Waals surface area contributed by atoms with Crippen molar-refractivity contribution in [1.29, 1.82) is 0 Å². The second-order valence-corrected chi connectivity index (χ2v) is 7.79. The Morgan fingerprint density at radius 1 is 0.968 bits per heavy atom. The van der Waals surface area contributed by atoms with Gasteiger partial charge in [-0.1, -0.05) is 18.2 Å². The van der Waals surface area contributed by atoms with E-state index >= 15 is 0 Å². The van der Waals surface area contributed by atoms with E-state index in [1.807, 2.05) is 36.5 Å². The zero-order valence-electron chi connectivity index (χ0n) is 17.7. The van der Waals surface area contributed by atoms with Crippen LogP contribution in [0.3, 0.4) is 0 Å². The highest BCUT2D eigenvalue weighted by molar-refractivity contribution is 5.88. The van der Waals surface area contributed by atoms with Crippen molar-refractivity contribution in [2.75, 3.05) is 36.5 Å². The van der Waals surface area contributed by atoms with Gasteiger partial charge in [0, 0.05) is 36.6 Å². The van der Waals surface area contributed by atoms with Gasteiger partial charge >= 0.3 is 0 Å². The molecule has 4 heterocycles. The highest BCUT2D eigenvalue weighted by Crippen LogP contribution is 2.31. The molecule has 1 aliphatic heterocycles. The van der Waals surface area contributed by atoms with Gasteiger partial charge in [0.1, 0.15) is 18.0 Å². The predicted molar refractivity (Wildman–Crippen MR) is 122 cm³/mol. The lowest BCUT2D eigenvalue weighted by Crippen LogP contribution is -2.36. The van der Waals surface area contributed by atoms with Crippen molar-refractivity contribution in [3.63, 3.8) is 0 Å². The predicted octanol–water partition coefficient (Wildman–Crippen LogP) is 4.05. The van der Waals surface area contributed by atoms with Crippen molar-refractivity contribution in [3.8, 4) is 11.4 Å². The van der Waals surface area contributed by atoms with Gasteiger partial charge in [-0.3, -0.25) is 0 Å². The number of aromatic nitrogens is 5. The molecule has 0 unspecified atom stereocenters. The number of anilines is 3. The van der Waals surface area contributed by atoms with Gasteiger partial charge in [-0.2, -0.15) is 0 Å². The van der Waals surface area contributed by atoms with Crippen LogP contribution in [0.15, 0.2) is 55.0 Å². The Balaban J connectivity index is 1.55. The first-order valence-electron chi connectivity index (χ1n) is 10.5. The van der Waals surface area contributed by atoms with Crippen LogP contribution in [0.4, 0.5) is 17.3 Å². The number of ether oxygens (including phenoxy) is 1. The number of benzene rings is 1. The van der Waals surface area contributed by atoms with E-state index in [0.717, 1.165) is 60.4 Å². The third-order valence-electron chi connectivity index (χ3n) is 5.37. The van der Waals surface area contributed by atoms with Crippen molar-refractivity contribution in [3.05, 3.63) is 55.0 Å². The van der Waals surface area contributed by atoms with Gasteiger partial charge in [-0.05, 0) is 38.1 Å². The second-order valence-electron chi connectivity index (χ2n) is 7.79. The molecule has 1 aliphatic rings. The Labute approximate surface area is 180 Å². The molecule has 3 aromatic heterocycles. The standard InChI is InChI=1S/C23H25N7O/c1-16(2)30-22(17-8-9-19(24-14-17)29-10-12-31-13-11-29)28-20-21(25-15-26-23(20)30)27-18-6-4-3-5-7-18/h3-9,14-16H,10-13H2,1-2H3,(H,25,26,27). The average Bonchev–Trinajstić information content (AvgIpc) is 3.21. The van der Waals surface area contributed by atoms with Crippen LogP contribution in [0, 0.1) is 0 Å². The molecule has 0 atom stereocenters. The topological polar surface area (TPSA) is 81.0 Å². The molecule has 0 saturated carbocycles. The number of morpholine rings is 1. The molecular weight excluding hydrogens is 390 g/mol. The summed E-state index contributed by atoms with van der Waals surface area (Å²) in [5.74, 6) is 2.49. The fraction of sp³-hybridized carbons (Fsp3) is 0.304. The van der Waals surface area contributed by atoms with Crippen LogP contribution in [0.5, 0.6) is 0 Å². The summed E-state index contributed by atoms with van der Waals surface area (Å²) in [5.41, 5.74) is 3.46. The van der Waals surface area contributed by atoms with Crippen molar-refractivity contribution >= 4 is 28.5 Å². The number of hydrogen-bond acceptors (Lipinski definition) is 7. The summed E-state index contributed by atoms with van der Waals surface area (Å²) in [5, 5.41) is 3.37. The van der Waals surface area contributed by atoms with Crippen LogP contribution in [-0.4, -0.2) is 50.8 Å². The summed E-state index contributed by atoms with van der Waals surface area (Å²) in [6.07, 6.45) is 3.47. The molecule has 5 rings (SSSR count). The quantitative estimate of drug-likeness (QED) is 0.527. The smallest absolute Gasteiger partial charge is 0.166 e. The van der Waals surface area contributed by atoms with Gasteiger partial charge in [-0.15, -0.1) is 0 Å². The summed E-state index contributed by atoms with van der Waals surface area (Å²) in [6.45, 7) is 7.46. The lowest BCUT2D eigenvalue weighted by Gasteiger charge is -2.27. The van der Waals surface area contributed by atoms with E-state index in [1.54, 1.807) is 6.33 Å². The van der Waals surface area contributed by atoms with Crippen LogP contribution in [0.25, 0.3) is 22.6 Å². The Bertz CT molecular complexity index is 1170.